The van der Waals surface area contributed by atoms with Crippen LogP contribution in [0.15, 0.2) is 53.3 Å². The Morgan fingerprint density at radius 1 is 1.11 bits per heavy atom. The average molecular weight is 399 g/mol. The van der Waals surface area contributed by atoms with Gasteiger partial charge in [0.15, 0.2) is 0 Å². The lowest BCUT2D eigenvalue weighted by molar-refractivity contribution is 0.459. The second kappa shape index (κ2) is 7.48. The van der Waals surface area contributed by atoms with E-state index in [1.165, 1.54) is 10.6 Å². The number of pyridine rings is 1. The maximum Gasteiger partial charge on any atom is 0.262 e. The molecule has 0 unspecified atom stereocenters. The van der Waals surface area contributed by atoms with Crippen molar-refractivity contribution in [3.63, 3.8) is 0 Å². The fourth-order valence-corrected chi connectivity index (χ4v) is 3.56. The first-order valence-corrected chi connectivity index (χ1v) is 9.05. The third kappa shape index (κ3) is 3.32. The molecule has 136 valence electrons. The summed E-state index contributed by atoms with van der Waals surface area (Å²) in [5.41, 5.74) is 1.05. The van der Waals surface area contributed by atoms with Gasteiger partial charge in [-0.2, -0.15) is 5.26 Å². The van der Waals surface area contributed by atoms with Gasteiger partial charge >= 0.3 is 0 Å². The zero-order chi connectivity index (χ0) is 19.7. The van der Waals surface area contributed by atoms with Crippen LogP contribution in [0.3, 0.4) is 0 Å². The Morgan fingerprint density at radius 2 is 1.78 bits per heavy atom. The molecular weight excluding hydrogens is 383 g/mol. The number of halogens is 2. The first kappa shape index (κ1) is 19.0. The Balaban J connectivity index is 2.56. The number of hydrogen-bond acceptors (Lipinski definition) is 3. The van der Waals surface area contributed by atoms with E-state index in [9.17, 15) is 15.2 Å². The molecule has 3 rings (SSSR count). The molecule has 0 aliphatic rings. The van der Waals surface area contributed by atoms with Crippen molar-refractivity contribution >= 4 is 23.2 Å². The maximum atomic E-state index is 13.3. The minimum Gasteiger partial charge on any atom is -0.506 e. The van der Waals surface area contributed by atoms with Crippen LogP contribution in [0, 0.1) is 11.3 Å². The van der Waals surface area contributed by atoms with Gasteiger partial charge in [0, 0.05) is 10.6 Å². The maximum absolute atomic E-state index is 13.3. The summed E-state index contributed by atoms with van der Waals surface area (Å²) in [5.74, 6) is -0.579. The van der Waals surface area contributed by atoms with Gasteiger partial charge in [0.05, 0.1) is 22.0 Å². The molecule has 1 aromatic heterocycles. The lowest BCUT2D eigenvalue weighted by Crippen LogP contribution is -2.26. The van der Waals surface area contributed by atoms with Gasteiger partial charge in [-0.25, -0.2) is 0 Å². The van der Waals surface area contributed by atoms with Gasteiger partial charge in [-0.1, -0.05) is 67.4 Å². The highest BCUT2D eigenvalue weighted by molar-refractivity contribution is 6.35. The summed E-state index contributed by atoms with van der Waals surface area (Å²) in [6.45, 7) is 3.57. The molecule has 6 heteroatoms. The minimum atomic E-state index is -0.426. The van der Waals surface area contributed by atoms with Gasteiger partial charge in [-0.15, -0.1) is 0 Å². The van der Waals surface area contributed by atoms with Crippen LogP contribution in [0.4, 0.5) is 0 Å². The summed E-state index contributed by atoms with van der Waals surface area (Å²) in [6, 6.07) is 15.8. The zero-order valence-electron chi connectivity index (χ0n) is 14.7. The molecule has 0 aliphatic carbocycles. The third-order valence-corrected chi connectivity index (χ3v) is 4.81. The SMILES string of the molecule is CC(C)c1c(O)c(C#N)c(-c2ccccc2)n(-c2ccc(Cl)cc2Cl)c1=O. The molecule has 4 nitrogen and oxygen atoms in total. The van der Waals surface area contributed by atoms with E-state index in [4.69, 9.17) is 23.2 Å². The molecule has 1 heterocycles. The summed E-state index contributed by atoms with van der Waals surface area (Å²) in [7, 11) is 0. The number of aromatic hydroxyl groups is 1. The van der Waals surface area contributed by atoms with Crippen molar-refractivity contribution in [3.05, 3.63) is 80.1 Å². The molecule has 0 saturated heterocycles. The molecule has 27 heavy (non-hydrogen) atoms. The van der Waals surface area contributed by atoms with Gasteiger partial charge in [0.25, 0.3) is 5.56 Å². The Morgan fingerprint density at radius 3 is 2.33 bits per heavy atom. The van der Waals surface area contributed by atoms with Crippen LogP contribution in [-0.4, -0.2) is 9.67 Å². The van der Waals surface area contributed by atoms with Crippen LogP contribution in [0.5, 0.6) is 5.75 Å². The van der Waals surface area contributed by atoms with E-state index in [1.807, 2.05) is 12.1 Å². The van der Waals surface area contributed by atoms with Crippen LogP contribution in [-0.2, 0) is 0 Å². The standard InChI is InChI=1S/C21H16Cl2N2O2/c1-12(2)18-20(26)15(11-24)19(13-6-4-3-5-7-13)25(21(18)27)17-9-8-14(22)10-16(17)23/h3-10,12,26H,1-2H3. The normalized spacial score (nSPS) is 10.8. The molecule has 0 spiro atoms. The first-order chi connectivity index (χ1) is 12.9. The molecule has 0 bridgehead atoms. The number of benzene rings is 2. The van der Waals surface area contributed by atoms with E-state index in [0.717, 1.165) is 0 Å². The van der Waals surface area contributed by atoms with Gasteiger partial charge in [-0.3, -0.25) is 9.36 Å². The van der Waals surface area contributed by atoms with Crippen molar-refractivity contribution in [2.75, 3.05) is 0 Å². The highest BCUT2D eigenvalue weighted by Gasteiger charge is 2.25. The quantitative estimate of drug-likeness (QED) is 0.631. The molecule has 0 radical (unpaired) electrons. The fourth-order valence-electron chi connectivity index (χ4n) is 3.07. The van der Waals surface area contributed by atoms with E-state index in [0.29, 0.717) is 16.3 Å². The van der Waals surface area contributed by atoms with Crippen molar-refractivity contribution in [2.45, 2.75) is 19.8 Å². The minimum absolute atomic E-state index is 0.0236. The van der Waals surface area contributed by atoms with Gasteiger partial charge < -0.3 is 5.11 Å². The Kier molecular flexibility index (Phi) is 5.27. The zero-order valence-corrected chi connectivity index (χ0v) is 16.2. The van der Waals surface area contributed by atoms with Crippen molar-refractivity contribution in [1.29, 1.82) is 5.26 Å². The summed E-state index contributed by atoms with van der Waals surface area (Å²) in [5, 5.41) is 21.1. The van der Waals surface area contributed by atoms with Crippen molar-refractivity contribution < 1.29 is 5.11 Å². The van der Waals surface area contributed by atoms with E-state index in [1.54, 1.807) is 50.2 Å². The van der Waals surface area contributed by atoms with Crippen LogP contribution < -0.4 is 5.56 Å². The molecule has 0 aliphatic heterocycles. The van der Waals surface area contributed by atoms with Crippen LogP contribution in [0.2, 0.25) is 10.0 Å². The lowest BCUT2D eigenvalue weighted by atomic mass is 9.96. The monoisotopic (exact) mass is 398 g/mol. The second-order valence-electron chi connectivity index (χ2n) is 6.35. The van der Waals surface area contributed by atoms with Gasteiger partial charge in [-0.05, 0) is 24.1 Å². The van der Waals surface area contributed by atoms with Gasteiger partial charge in [0.2, 0.25) is 0 Å². The summed E-state index contributed by atoms with van der Waals surface area (Å²) in [6.07, 6.45) is 0. The van der Waals surface area contributed by atoms with E-state index in [2.05, 4.69) is 0 Å². The first-order valence-electron chi connectivity index (χ1n) is 8.29. The second-order valence-corrected chi connectivity index (χ2v) is 7.20. The molecule has 0 amide bonds. The summed E-state index contributed by atoms with van der Waals surface area (Å²) < 4.78 is 1.38. The number of aromatic nitrogens is 1. The topological polar surface area (TPSA) is 66.0 Å². The van der Waals surface area contributed by atoms with Gasteiger partial charge in [0.1, 0.15) is 17.4 Å². The Bertz CT molecular complexity index is 1110. The van der Waals surface area contributed by atoms with Crippen molar-refractivity contribution in [2.24, 2.45) is 0 Å². The summed E-state index contributed by atoms with van der Waals surface area (Å²) in [4.78, 5) is 13.3. The number of nitrogens with zero attached hydrogens (tertiary/aromatic N) is 2. The number of hydrogen-bond donors (Lipinski definition) is 1. The number of rotatable bonds is 3. The Hall–Kier alpha value is -2.74. The van der Waals surface area contributed by atoms with E-state index < -0.39 is 5.56 Å². The van der Waals surface area contributed by atoms with Crippen molar-refractivity contribution in [3.8, 4) is 28.8 Å². The summed E-state index contributed by atoms with van der Waals surface area (Å²) >= 11 is 12.4. The molecule has 2 aromatic carbocycles. The average Bonchev–Trinajstić information content (AvgIpc) is 2.62. The largest absolute Gasteiger partial charge is 0.506 e. The molecule has 1 N–H and O–H groups in total. The Labute approximate surface area is 166 Å². The van der Waals surface area contributed by atoms with E-state index in [-0.39, 0.29) is 33.5 Å². The molecular formula is C21H16Cl2N2O2. The molecule has 0 saturated carbocycles. The van der Waals surface area contributed by atoms with Crippen LogP contribution in [0.25, 0.3) is 16.9 Å². The van der Waals surface area contributed by atoms with Crippen LogP contribution in [0.1, 0.15) is 30.9 Å². The van der Waals surface area contributed by atoms with Crippen LogP contribution >= 0.6 is 23.2 Å². The predicted molar refractivity (Wildman–Crippen MR) is 108 cm³/mol. The molecule has 3 aromatic rings. The lowest BCUT2D eigenvalue weighted by Gasteiger charge is -2.20. The predicted octanol–water partition coefficient (Wildman–Crippen LogP) is 5.51. The highest BCUT2D eigenvalue weighted by atomic mass is 35.5. The number of nitriles is 1. The highest BCUT2D eigenvalue weighted by Crippen LogP contribution is 2.36. The van der Waals surface area contributed by atoms with E-state index >= 15 is 0 Å². The smallest absolute Gasteiger partial charge is 0.262 e. The molecule has 0 fully saturated rings. The fraction of sp³-hybridized carbons (Fsp3) is 0.143. The third-order valence-electron chi connectivity index (χ3n) is 4.27. The van der Waals surface area contributed by atoms with Crippen molar-refractivity contribution in [1.82, 2.24) is 4.57 Å². The molecule has 0 atom stereocenters.